The summed E-state index contributed by atoms with van der Waals surface area (Å²) in [6.45, 7) is 0.374. The van der Waals surface area contributed by atoms with Gasteiger partial charge in [0.25, 0.3) is 0 Å². The number of aryl methyl sites for hydroxylation is 1. The van der Waals surface area contributed by atoms with Gasteiger partial charge in [0.15, 0.2) is 5.82 Å². The highest BCUT2D eigenvalue weighted by Crippen LogP contribution is 2.20. The predicted octanol–water partition coefficient (Wildman–Crippen LogP) is 2.87. The number of ether oxygens (including phenoxy) is 1. The van der Waals surface area contributed by atoms with Crippen molar-refractivity contribution in [2.24, 2.45) is 0 Å². The summed E-state index contributed by atoms with van der Waals surface area (Å²) in [5, 5.41) is 15.2. The highest BCUT2D eigenvalue weighted by Gasteiger charge is 2.11. The van der Waals surface area contributed by atoms with Crippen LogP contribution in [-0.2, 0) is 22.7 Å². The molecule has 7 nitrogen and oxygen atoms in total. The molecule has 2 aromatic rings. The van der Waals surface area contributed by atoms with Crippen molar-refractivity contribution in [2.75, 3.05) is 5.32 Å². The van der Waals surface area contributed by atoms with Crippen molar-refractivity contribution in [3.63, 3.8) is 0 Å². The molecule has 0 aliphatic rings. The number of carboxylic acid groups (broad SMARTS) is 1. The Labute approximate surface area is 135 Å². The summed E-state index contributed by atoms with van der Waals surface area (Å²) in [7, 11) is 0. The predicted molar refractivity (Wildman–Crippen MR) is 82.4 cm³/mol. The number of anilines is 1. The zero-order chi connectivity index (χ0) is 15.9. The Morgan fingerprint density at radius 2 is 2.05 bits per heavy atom. The molecule has 0 fully saturated rings. The summed E-state index contributed by atoms with van der Waals surface area (Å²) in [6, 6.07) is 9.30. The van der Waals surface area contributed by atoms with Gasteiger partial charge in [-0.1, -0.05) is 30.3 Å². The van der Waals surface area contributed by atoms with Crippen molar-refractivity contribution in [3.05, 3.63) is 46.6 Å². The van der Waals surface area contributed by atoms with Crippen LogP contribution in [0.15, 0.2) is 41.0 Å². The molecule has 1 aromatic heterocycles. The summed E-state index contributed by atoms with van der Waals surface area (Å²) in [5.74, 6) is -0.633. The van der Waals surface area contributed by atoms with Gasteiger partial charge < -0.3 is 9.84 Å². The second-order valence-electron chi connectivity index (χ2n) is 4.42. The van der Waals surface area contributed by atoms with Crippen LogP contribution in [0.1, 0.15) is 12.0 Å². The number of aromatic nitrogens is 2. The number of carbonyl (C=O) groups is 2. The Balaban J connectivity index is 1.87. The van der Waals surface area contributed by atoms with Gasteiger partial charge in [-0.3, -0.25) is 14.8 Å². The summed E-state index contributed by atoms with van der Waals surface area (Å²) < 4.78 is 7.07. The molecule has 1 heterocycles. The lowest BCUT2D eigenvalue weighted by atomic mass is 10.2. The number of amides is 1. The van der Waals surface area contributed by atoms with E-state index in [0.29, 0.717) is 4.47 Å². The quantitative estimate of drug-likeness (QED) is 0.818. The standard InChI is InChI=1S/C14H14BrN3O4/c15-11-8-18(7-6-12(19)20)17-13(11)16-14(21)22-9-10-4-2-1-3-5-10/h1-5,8H,6-7,9H2,(H,19,20)(H,16,17,21). The first kappa shape index (κ1) is 16.0. The van der Waals surface area contributed by atoms with Gasteiger partial charge in [0.05, 0.1) is 17.4 Å². The molecule has 0 saturated carbocycles. The van der Waals surface area contributed by atoms with Gasteiger partial charge >= 0.3 is 12.1 Å². The minimum Gasteiger partial charge on any atom is -0.481 e. The minimum atomic E-state index is -0.914. The summed E-state index contributed by atoms with van der Waals surface area (Å²) in [5.41, 5.74) is 0.878. The lowest BCUT2D eigenvalue weighted by Crippen LogP contribution is -2.14. The van der Waals surface area contributed by atoms with Gasteiger partial charge in [-0.05, 0) is 21.5 Å². The van der Waals surface area contributed by atoms with Crippen LogP contribution in [0.4, 0.5) is 10.6 Å². The van der Waals surface area contributed by atoms with Gasteiger partial charge in [-0.15, -0.1) is 0 Å². The smallest absolute Gasteiger partial charge is 0.413 e. The first-order chi connectivity index (χ1) is 10.5. The molecule has 1 amide bonds. The van der Waals surface area contributed by atoms with E-state index in [9.17, 15) is 9.59 Å². The van der Waals surface area contributed by atoms with Crippen LogP contribution in [0.3, 0.4) is 0 Å². The Morgan fingerprint density at radius 1 is 1.32 bits per heavy atom. The van der Waals surface area contributed by atoms with Crippen LogP contribution in [0.2, 0.25) is 0 Å². The number of carboxylic acids is 1. The number of halogens is 1. The fourth-order valence-electron chi connectivity index (χ4n) is 1.66. The fourth-order valence-corrected chi connectivity index (χ4v) is 2.08. The Hall–Kier alpha value is -2.35. The van der Waals surface area contributed by atoms with E-state index in [0.717, 1.165) is 5.56 Å². The molecule has 0 spiro atoms. The zero-order valence-electron chi connectivity index (χ0n) is 11.5. The van der Waals surface area contributed by atoms with E-state index in [1.165, 1.54) is 4.68 Å². The van der Waals surface area contributed by atoms with Crippen LogP contribution in [0.5, 0.6) is 0 Å². The Bertz CT molecular complexity index is 657. The van der Waals surface area contributed by atoms with Gasteiger partial charge in [-0.2, -0.15) is 5.10 Å². The lowest BCUT2D eigenvalue weighted by Gasteiger charge is -2.05. The molecule has 2 N–H and O–H groups in total. The van der Waals surface area contributed by atoms with Crippen molar-refractivity contribution in [1.29, 1.82) is 0 Å². The number of hydrogen-bond donors (Lipinski definition) is 2. The molecule has 22 heavy (non-hydrogen) atoms. The molecule has 116 valence electrons. The lowest BCUT2D eigenvalue weighted by molar-refractivity contribution is -0.137. The van der Waals surface area contributed by atoms with Gasteiger partial charge in [-0.25, -0.2) is 4.79 Å². The van der Waals surface area contributed by atoms with Crippen LogP contribution in [-0.4, -0.2) is 26.9 Å². The largest absolute Gasteiger partial charge is 0.481 e. The molecule has 0 unspecified atom stereocenters. The summed E-state index contributed by atoms with van der Waals surface area (Å²) in [6.07, 6.45) is 0.912. The van der Waals surface area contributed by atoms with Crippen molar-refractivity contribution >= 4 is 33.8 Å². The molecule has 0 bridgehead atoms. The maximum atomic E-state index is 11.7. The van der Waals surface area contributed by atoms with Gasteiger partial charge in [0.1, 0.15) is 6.61 Å². The summed E-state index contributed by atoms with van der Waals surface area (Å²) >= 11 is 3.25. The average molecular weight is 368 g/mol. The second-order valence-corrected chi connectivity index (χ2v) is 5.27. The third kappa shape index (κ3) is 4.88. The first-order valence-corrected chi connectivity index (χ1v) is 7.26. The Kier molecular flexibility index (Phi) is 5.54. The Morgan fingerprint density at radius 3 is 2.73 bits per heavy atom. The van der Waals surface area contributed by atoms with E-state index >= 15 is 0 Å². The van der Waals surface area contributed by atoms with E-state index < -0.39 is 12.1 Å². The highest BCUT2D eigenvalue weighted by atomic mass is 79.9. The number of nitrogens with one attached hydrogen (secondary N) is 1. The molecule has 0 saturated heterocycles. The van der Waals surface area contributed by atoms with Crippen molar-refractivity contribution in [3.8, 4) is 0 Å². The topological polar surface area (TPSA) is 93.5 Å². The van der Waals surface area contributed by atoms with Crippen molar-refractivity contribution in [2.45, 2.75) is 19.6 Å². The van der Waals surface area contributed by atoms with E-state index in [-0.39, 0.29) is 25.4 Å². The van der Waals surface area contributed by atoms with Gasteiger partial charge in [0.2, 0.25) is 0 Å². The molecule has 1 aromatic carbocycles. The maximum absolute atomic E-state index is 11.7. The van der Waals surface area contributed by atoms with E-state index in [4.69, 9.17) is 9.84 Å². The SMILES string of the molecule is O=C(O)CCn1cc(Br)c(NC(=O)OCc2ccccc2)n1. The maximum Gasteiger partial charge on any atom is 0.413 e. The van der Waals surface area contributed by atoms with Crippen LogP contribution in [0, 0.1) is 0 Å². The third-order valence-electron chi connectivity index (χ3n) is 2.71. The molecule has 2 rings (SSSR count). The van der Waals surface area contributed by atoms with E-state index in [1.807, 2.05) is 30.3 Å². The average Bonchev–Trinajstić information content (AvgIpc) is 2.84. The molecular weight excluding hydrogens is 354 g/mol. The molecule has 0 radical (unpaired) electrons. The van der Waals surface area contributed by atoms with Crippen LogP contribution < -0.4 is 5.32 Å². The van der Waals surface area contributed by atoms with Gasteiger partial charge in [0, 0.05) is 6.20 Å². The van der Waals surface area contributed by atoms with Crippen molar-refractivity contribution in [1.82, 2.24) is 9.78 Å². The third-order valence-corrected chi connectivity index (χ3v) is 3.29. The van der Waals surface area contributed by atoms with Crippen molar-refractivity contribution < 1.29 is 19.4 Å². The second kappa shape index (κ2) is 7.60. The first-order valence-electron chi connectivity index (χ1n) is 6.47. The van der Waals surface area contributed by atoms with E-state index in [1.54, 1.807) is 6.20 Å². The molecule has 8 heteroatoms. The number of aliphatic carboxylic acids is 1. The van der Waals surface area contributed by atoms with Crippen LogP contribution >= 0.6 is 15.9 Å². The molecule has 0 atom stereocenters. The monoisotopic (exact) mass is 367 g/mol. The zero-order valence-corrected chi connectivity index (χ0v) is 13.1. The van der Waals surface area contributed by atoms with E-state index in [2.05, 4.69) is 26.3 Å². The number of carbonyl (C=O) groups excluding carboxylic acids is 1. The summed E-state index contributed by atoms with van der Waals surface area (Å²) in [4.78, 5) is 22.2. The number of nitrogens with zero attached hydrogens (tertiary/aromatic N) is 2. The minimum absolute atomic E-state index is 0.0496. The number of hydrogen-bond acceptors (Lipinski definition) is 4. The molecular formula is C14H14BrN3O4. The molecule has 0 aliphatic carbocycles. The normalized spacial score (nSPS) is 10.2. The molecule has 0 aliphatic heterocycles. The number of benzene rings is 1. The van der Waals surface area contributed by atoms with Crippen LogP contribution in [0.25, 0.3) is 0 Å². The number of rotatable bonds is 6. The highest BCUT2D eigenvalue weighted by molar-refractivity contribution is 9.10. The fraction of sp³-hybridized carbons (Fsp3) is 0.214.